The molecule has 140 valence electrons. The molecule has 0 spiro atoms. The van der Waals surface area contributed by atoms with Gasteiger partial charge in [0.1, 0.15) is 12.6 Å². The van der Waals surface area contributed by atoms with E-state index in [0.29, 0.717) is 18.5 Å². The first-order valence-electron chi connectivity index (χ1n) is 9.11. The molecule has 0 aliphatic carbocycles. The zero-order valence-electron chi connectivity index (χ0n) is 15.3. The predicted octanol–water partition coefficient (Wildman–Crippen LogP) is 2.74. The highest BCUT2D eigenvalue weighted by molar-refractivity contribution is 6.07. The molecule has 1 aliphatic heterocycles. The minimum atomic E-state index is -0.589. The first-order valence-corrected chi connectivity index (χ1v) is 9.11. The Labute approximate surface area is 158 Å². The third-order valence-corrected chi connectivity index (χ3v) is 4.62. The maximum Gasteiger partial charge on any atom is 0.325 e. The molecule has 4 amide bonds. The van der Waals surface area contributed by atoms with Crippen molar-refractivity contribution in [3.05, 3.63) is 65.7 Å². The number of anilines is 1. The number of benzene rings is 2. The second kappa shape index (κ2) is 8.49. The first kappa shape index (κ1) is 18.6. The number of carbonyl (C=O) groups excluding carboxylic acids is 3. The summed E-state index contributed by atoms with van der Waals surface area (Å²) in [6.07, 6.45) is 2.10. The quantitative estimate of drug-likeness (QED) is 0.741. The summed E-state index contributed by atoms with van der Waals surface area (Å²) in [6, 6.07) is 16.2. The lowest BCUT2D eigenvalue weighted by Gasteiger charge is -2.13. The molecule has 1 saturated heterocycles. The fourth-order valence-corrected chi connectivity index (χ4v) is 3.05. The van der Waals surface area contributed by atoms with Crippen molar-refractivity contribution in [2.45, 2.75) is 32.2 Å². The van der Waals surface area contributed by atoms with Crippen LogP contribution in [0.2, 0.25) is 0 Å². The summed E-state index contributed by atoms with van der Waals surface area (Å²) in [6.45, 7) is 1.77. The van der Waals surface area contributed by atoms with Gasteiger partial charge in [0.2, 0.25) is 5.91 Å². The predicted molar refractivity (Wildman–Crippen MR) is 103 cm³/mol. The molecule has 2 aromatic rings. The molecule has 6 nitrogen and oxygen atoms in total. The lowest BCUT2D eigenvalue weighted by Crippen LogP contribution is -2.38. The van der Waals surface area contributed by atoms with Crippen LogP contribution in [0.5, 0.6) is 0 Å². The van der Waals surface area contributed by atoms with Crippen molar-refractivity contribution in [1.82, 2.24) is 10.2 Å². The van der Waals surface area contributed by atoms with Gasteiger partial charge in [-0.2, -0.15) is 0 Å². The Morgan fingerprint density at radius 1 is 1.04 bits per heavy atom. The molecule has 1 aliphatic rings. The molecule has 2 N–H and O–H groups in total. The number of carbonyl (C=O) groups is 3. The molecule has 2 aromatic carbocycles. The van der Waals surface area contributed by atoms with Gasteiger partial charge < -0.3 is 10.6 Å². The zero-order chi connectivity index (χ0) is 19.2. The Kier molecular flexibility index (Phi) is 5.86. The summed E-state index contributed by atoms with van der Waals surface area (Å²) >= 11 is 0. The molecule has 0 radical (unpaired) electrons. The molecular weight excluding hydrogens is 342 g/mol. The van der Waals surface area contributed by atoms with E-state index < -0.39 is 18.0 Å². The molecule has 1 atom stereocenters. The standard InChI is InChI=1S/C21H23N3O3/c1-2-15-8-11-17(12-9-15)22-19(25)14-24-20(26)18(23-21(24)27)13-10-16-6-4-3-5-7-16/h3-9,11-12,18H,2,10,13-14H2,1H3,(H,22,25)(H,23,27)/t18-/m1/s1. The monoisotopic (exact) mass is 365 g/mol. The van der Waals surface area contributed by atoms with Crippen LogP contribution in [0.4, 0.5) is 10.5 Å². The van der Waals surface area contributed by atoms with E-state index in [1.165, 1.54) is 5.56 Å². The zero-order valence-corrected chi connectivity index (χ0v) is 15.3. The fraction of sp³-hybridized carbons (Fsp3) is 0.286. The summed E-state index contributed by atoms with van der Waals surface area (Å²) in [4.78, 5) is 37.8. The summed E-state index contributed by atoms with van der Waals surface area (Å²) in [5.41, 5.74) is 2.92. The van der Waals surface area contributed by atoms with Gasteiger partial charge in [-0.05, 0) is 42.5 Å². The molecule has 1 heterocycles. The highest BCUT2D eigenvalue weighted by Gasteiger charge is 2.38. The molecule has 6 heteroatoms. The van der Waals surface area contributed by atoms with Gasteiger partial charge in [-0.15, -0.1) is 0 Å². The van der Waals surface area contributed by atoms with Crippen molar-refractivity contribution < 1.29 is 14.4 Å². The van der Waals surface area contributed by atoms with Gasteiger partial charge in [0.25, 0.3) is 5.91 Å². The van der Waals surface area contributed by atoms with E-state index >= 15 is 0 Å². The fourth-order valence-electron chi connectivity index (χ4n) is 3.05. The second-order valence-electron chi connectivity index (χ2n) is 6.55. The molecule has 0 bridgehead atoms. The first-order chi connectivity index (χ1) is 13.1. The molecule has 0 aromatic heterocycles. The van der Waals surface area contributed by atoms with Gasteiger partial charge in [0.15, 0.2) is 0 Å². The van der Waals surface area contributed by atoms with Gasteiger partial charge in [0, 0.05) is 5.69 Å². The van der Waals surface area contributed by atoms with E-state index in [1.54, 1.807) is 0 Å². The lowest BCUT2D eigenvalue weighted by atomic mass is 10.1. The number of hydrogen-bond donors (Lipinski definition) is 2. The lowest BCUT2D eigenvalue weighted by molar-refractivity contribution is -0.130. The van der Waals surface area contributed by atoms with E-state index in [2.05, 4.69) is 17.6 Å². The van der Waals surface area contributed by atoms with E-state index in [1.807, 2.05) is 54.6 Å². The van der Waals surface area contributed by atoms with Crippen LogP contribution in [-0.2, 0) is 22.4 Å². The van der Waals surface area contributed by atoms with Gasteiger partial charge in [-0.3, -0.25) is 14.5 Å². The maximum atomic E-state index is 12.5. The highest BCUT2D eigenvalue weighted by atomic mass is 16.2. The number of rotatable bonds is 7. The topological polar surface area (TPSA) is 78.5 Å². The van der Waals surface area contributed by atoms with Crippen LogP contribution in [0.15, 0.2) is 54.6 Å². The number of nitrogens with zero attached hydrogens (tertiary/aromatic N) is 1. The molecule has 0 unspecified atom stereocenters. The van der Waals surface area contributed by atoms with Crippen LogP contribution in [0.1, 0.15) is 24.5 Å². The van der Waals surface area contributed by atoms with E-state index in [-0.39, 0.29) is 12.5 Å². The number of aryl methyl sites for hydroxylation is 2. The number of urea groups is 1. The molecule has 27 heavy (non-hydrogen) atoms. The normalized spacial score (nSPS) is 16.3. The largest absolute Gasteiger partial charge is 0.326 e. The Bertz CT molecular complexity index is 818. The third kappa shape index (κ3) is 4.73. The smallest absolute Gasteiger partial charge is 0.325 e. The number of amides is 4. The Hall–Kier alpha value is -3.15. The van der Waals surface area contributed by atoms with Gasteiger partial charge in [0.05, 0.1) is 0 Å². The van der Waals surface area contributed by atoms with Crippen LogP contribution in [0.3, 0.4) is 0 Å². The van der Waals surface area contributed by atoms with E-state index in [0.717, 1.165) is 16.9 Å². The number of hydrogen-bond acceptors (Lipinski definition) is 3. The van der Waals surface area contributed by atoms with Crippen molar-refractivity contribution in [3.63, 3.8) is 0 Å². The maximum absolute atomic E-state index is 12.5. The Morgan fingerprint density at radius 2 is 1.74 bits per heavy atom. The molecule has 0 saturated carbocycles. The van der Waals surface area contributed by atoms with Crippen molar-refractivity contribution in [1.29, 1.82) is 0 Å². The van der Waals surface area contributed by atoms with Gasteiger partial charge >= 0.3 is 6.03 Å². The minimum absolute atomic E-state index is 0.290. The van der Waals surface area contributed by atoms with Crippen LogP contribution in [0.25, 0.3) is 0 Å². The molecule has 3 rings (SSSR count). The Morgan fingerprint density at radius 3 is 2.41 bits per heavy atom. The highest BCUT2D eigenvalue weighted by Crippen LogP contribution is 2.14. The summed E-state index contributed by atoms with van der Waals surface area (Å²) in [5.74, 6) is -0.751. The average Bonchev–Trinajstić information content (AvgIpc) is 2.95. The van der Waals surface area contributed by atoms with Crippen molar-refractivity contribution in [3.8, 4) is 0 Å². The Balaban J connectivity index is 1.53. The number of imide groups is 1. The summed E-state index contributed by atoms with van der Waals surface area (Å²) in [5, 5.41) is 5.39. The van der Waals surface area contributed by atoms with Crippen LogP contribution in [0, 0.1) is 0 Å². The van der Waals surface area contributed by atoms with E-state index in [9.17, 15) is 14.4 Å². The van der Waals surface area contributed by atoms with Crippen LogP contribution >= 0.6 is 0 Å². The molecule has 1 fully saturated rings. The van der Waals surface area contributed by atoms with Crippen molar-refractivity contribution in [2.75, 3.05) is 11.9 Å². The average molecular weight is 365 g/mol. The van der Waals surface area contributed by atoms with Crippen LogP contribution < -0.4 is 10.6 Å². The van der Waals surface area contributed by atoms with Crippen LogP contribution in [-0.4, -0.2) is 35.3 Å². The van der Waals surface area contributed by atoms with Gasteiger partial charge in [-0.25, -0.2) is 4.79 Å². The molecular formula is C21H23N3O3. The summed E-state index contributed by atoms with van der Waals surface area (Å²) < 4.78 is 0. The minimum Gasteiger partial charge on any atom is -0.326 e. The van der Waals surface area contributed by atoms with Gasteiger partial charge in [-0.1, -0.05) is 49.4 Å². The SMILES string of the molecule is CCc1ccc(NC(=O)CN2C(=O)N[C@H](CCc3ccccc3)C2=O)cc1. The van der Waals surface area contributed by atoms with Crippen molar-refractivity contribution >= 4 is 23.5 Å². The van der Waals surface area contributed by atoms with Crippen molar-refractivity contribution in [2.24, 2.45) is 0 Å². The number of nitrogens with one attached hydrogen (secondary N) is 2. The summed E-state index contributed by atoms with van der Waals surface area (Å²) in [7, 11) is 0. The van der Waals surface area contributed by atoms with E-state index in [4.69, 9.17) is 0 Å². The second-order valence-corrected chi connectivity index (χ2v) is 6.55. The third-order valence-electron chi connectivity index (χ3n) is 4.62.